The van der Waals surface area contributed by atoms with E-state index in [1.165, 1.54) is 18.5 Å². The molecule has 4 aromatic rings. The lowest BCUT2D eigenvalue weighted by Crippen LogP contribution is -2.28. The van der Waals surface area contributed by atoms with Crippen molar-refractivity contribution in [2.24, 2.45) is 17.1 Å². The zero-order valence-electron chi connectivity index (χ0n) is 20.1. The van der Waals surface area contributed by atoms with Crippen LogP contribution < -0.4 is 21.1 Å². The third-order valence-electron chi connectivity index (χ3n) is 7.76. The normalized spacial score (nSPS) is 23.2. The van der Waals surface area contributed by atoms with Gasteiger partial charge in [-0.3, -0.25) is 4.79 Å². The van der Waals surface area contributed by atoms with Crippen LogP contribution in [0.15, 0.2) is 53.7 Å². The Labute approximate surface area is 211 Å². The Morgan fingerprint density at radius 2 is 2.03 bits per heavy atom. The van der Waals surface area contributed by atoms with E-state index >= 15 is 0 Å². The third-order valence-corrected chi connectivity index (χ3v) is 7.76. The lowest BCUT2D eigenvalue weighted by atomic mass is 9.83. The molecule has 37 heavy (non-hydrogen) atoms. The number of rotatable bonds is 6. The summed E-state index contributed by atoms with van der Waals surface area (Å²) >= 11 is 0. The van der Waals surface area contributed by atoms with E-state index < -0.39 is 5.82 Å². The van der Waals surface area contributed by atoms with Crippen molar-refractivity contribution >= 4 is 23.1 Å². The highest BCUT2D eigenvalue weighted by Gasteiger charge is 2.48. The van der Waals surface area contributed by atoms with Crippen LogP contribution in [0.4, 0.5) is 10.2 Å². The van der Waals surface area contributed by atoms with E-state index in [-0.39, 0.29) is 28.5 Å². The van der Waals surface area contributed by atoms with Gasteiger partial charge < -0.3 is 25.3 Å². The molecule has 10 heteroatoms. The van der Waals surface area contributed by atoms with Crippen LogP contribution in [-0.4, -0.2) is 45.4 Å². The number of anilines is 1. The van der Waals surface area contributed by atoms with Crippen LogP contribution in [0.25, 0.3) is 11.0 Å². The number of nitrogens with zero attached hydrogens (tertiary/aromatic N) is 3. The summed E-state index contributed by atoms with van der Waals surface area (Å²) in [5.74, 6) is 1.14. The number of aromatic amines is 2. The summed E-state index contributed by atoms with van der Waals surface area (Å²) in [4.78, 5) is 39.4. The summed E-state index contributed by atoms with van der Waals surface area (Å²) in [5.41, 5.74) is 9.43. The maximum atomic E-state index is 13.6. The molecule has 6 rings (SSSR count). The van der Waals surface area contributed by atoms with Gasteiger partial charge in [-0.25, -0.2) is 19.2 Å². The smallest absolute Gasteiger partial charge is 0.323 e. The van der Waals surface area contributed by atoms with Crippen molar-refractivity contribution in [3.63, 3.8) is 0 Å². The Bertz CT molecular complexity index is 1530. The zero-order chi connectivity index (χ0) is 25.6. The maximum Gasteiger partial charge on any atom is 0.323 e. The molecule has 0 bridgehead atoms. The van der Waals surface area contributed by atoms with Gasteiger partial charge in [-0.2, -0.15) is 0 Å². The number of hydrogen-bond donors (Lipinski definition) is 3. The molecule has 2 aromatic carbocycles. The predicted octanol–water partition coefficient (Wildman–Crippen LogP) is 3.57. The molecule has 1 aliphatic heterocycles. The second-order valence-electron chi connectivity index (χ2n) is 10.3. The second-order valence-corrected chi connectivity index (χ2v) is 10.3. The maximum absolute atomic E-state index is 13.6. The summed E-state index contributed by atoms with van der Waals surface area (Å²) in [6.45, 7) is 1.59. The average Bonchev–Trinajstić information content (AvgIpc) is 3.56. The Kier molecular flexibility index (Phi) is 5.75. The van der Waals surface area contributed by atoms with Crippen LogP contribution in [-0.2, 0) is 6.42 Å². The molecule has 2 aliphatic rings. The van der Waals surface area contributed by atoms with Gasteiger partial charge in [0.25, 0.3) is 0 Å². The minimum atomic E-state index is -0.506. The topological polar surface area (TPSA) is 130 Å². The standard InChI is InChI=1S/C27H27FN6O3/c28-19-2-4-23(18(9-19)13-35)37-24-12-30-15-31-25(24)34-6-5-27(14-34)10-17(20(29)11-27)7-16-1-3-21-22(8-16)33-26(36)32-21/h1-4,8-9,12-13,15,17,20H,5-7,10-11,14,29H2,(H2,32,33,36). The number of carbonyl (C=O) groups excluding carboxylic acids is 1. The quantitative estimate of drug-likeness (QED) is 0.344. The number of aldehydes is 1. The minimum Gasteiger partial charge on any atom is -0.451 e. The number of benzene rings is 2. The first-order valence-electron chi connectivity index (χ1n) is 12.4. The molecular weight excluding hydrogens is 475 g/mol. The first-order valence-corrected chi connectivity index (χ1v) is 12.4. The van der Waals surface area contributed by atoms with E-state index in [4.69, 9.17) is 10.5 Å². The fourth-order valence-corrected chi connectivity index (χ4v) is 6.08. The number of hydrogen-bond acceptors (Lipinski definition) is 7. The van der Waals surface area contributed by atoms with Crippen molar-refractivity contribution in [1.29, 1.82) is 0 Å². The molecular formula is C27H27FN6O3. The van der Waals surface area contributed by atoms with Gasteiger partial charge in [0.05, 0.1) is 22.8 Å². The highest BCUT2D eigenvalue weighted by atomic mass is 19.1. The number of ether oxygens (including phenoxy) is 1. The Hall–Kier alpha value is -4.05. The number of halogens is 1. The monoisotopic (exact) mass is 502 g/mol. The molecule has 0 radical (unpaired) electrons. The molecule has 3 atom stereocenters. The van der Waals surface area contributed by atoms with Crippen LogP contribution in [0, 0.1) is 17.2 Å². The predicted molar refractivity (Wildman–Crippen MR) is 136 cm³/mol. The highest BCUT2D eigenvalue weighted by Crippen LogP contribution is 2.50. The molecule has 1 saturated heterocycles. The summed E-state index contributed by atoms with van der Waals surface area (Å²) in [5, 5.41) is 0. The Balaban J connectivity index is 1.18. The zero-order valence-corrected chi connectivity index (χ0v) is 20.1. The number of nitrogens with two attached hydrogens (primary N) is 1. The molecule has 1 aliphatic carbocycles. The van der Waals surface area contributed by atoms with Crippen LogP contribution in [0.3, 0.4) is 0 Å². The largest absolute Gasteiger partial charge is 0.451 e. The molecule has 3 heterocycles. The summed E-state index contributed by atoms with van der Waals surface area (Å²) < 4.78 is 19.6. The third kappa shape index (κ3) is 4.48. The van der Waals surface area contributed by atoms with E-state index in [1.807, 2.05) is 12.1 Å². The van der Waals surface area contributed by atoms with E-state index in [1.54, 1.807) is 6.20 Å². The van der Waals surface area contributed by atoms with Gasteiger partial charge in [0.1, 0.15) is 17.9 Å². The van der Waals surface area contributed by atoms with Crippen molar-refractivity contribution in [2.75, 3.05) is 18.0 Å². The molecule has 1 saturated carbocycles. The molecule has 3 unspecified atom stereocenters. The Morgan fingerprint density at radius 3 is 2.89 bits per heavy atom. The van der Waals surface area contributed by atoms with Crippen LogP contribution in [0.5, 0.6) is 11.5 Å². The molecule has 9 nitrogen and oxygen atoms in total. The molecule has 2 fully saturated rings. The Morgan fingerprint density at radius 1 is 1.16 bits per heavy atom. The summed E-state index contributed by atoms with van der Waals surface area (Å²) in [6, 6.07) is 9.92. The lowest BCUT2D eigenvalue weighted by molar-refractivity contribution is 0.112. The van der Waals surface area contributed by atoms with Gasteiger partial charge in [0.15, 0.2) is 17.9 Å². The second kappa shape index (κ2) is 9.11. The van der Waals surface area contributed by atoms with Crippen molar-refractivity contribution in [2.45, 2.75) is 31.7 Å². The SMILES string of the molecule is NC1CC2(CCN(c3ncncc3Oc3ccc(F)cc3C=O)C2)CC1Cc1ccc2[nH]c(=O)[nH]c2c1. The molecule has 2 aromatic heterocycles. The number of imidazole rings is 1. The molecule has 0 amide bonds. The molecule has 4 N–H and O–H groups in total. The van der Waals surface area contributed by atoms with E-state index in [0.29, 0.717) is 23.8 Å². The van der Waals surface area contributed by atoms with Crippen molar-refractivity contribution in [3.8, 4) is 11.5 Å². The van der Waals surface area contributed by atoms with E-state index in [2.05, 4.69) is 30.9 Å². The molecule has 190 valence electrons. The van der Waals surface area contributed by atoms with Gasteiger partial charge in [0.2, 0.25) is 0 Å². The number of fused-ring (bicyclic) bond motifs is 1. The van der Waals surface area contributed by atoms with Crippen LogP contribution >= 0.6 is 0 Å². The fraction of sp³-hybridized carbons (Fsp3) is 0.333. The lowest BCUT2D eigenvalue weighted by Gasteiger charge is -2.25. The fourth-order valence-electron chi connectivity index (χ4n) is 6.08. The van der Waals surface area contributed by atoms with Gasteiger partial charge >= 0.3 is 5.69 Å². The van der Waals surface area contributed by atoms with Crippen molar-refractivity contribution in [3.05, 3.63) is 76.4 Å². The summed E-state index contributed by atoms with van der Waals surface area (Å²) in [6.07, 6.45) is 7.37. The van der Waals surface area contributed by atoms with Crippen LogP contribution in [0.2, 0.25) is 0 Å². The summed E-state index contributed by atoms with van der Waals surface area (Å²) in [7, 11) is 0. The first kappa shape index (κ1) is 23.4. The van der Waals surface area contributed by atoms with Gasteiger partial charge in [0, 0.05) is 19.1 Å². The van der Waals surface area contributed by atoms with Gasteiger partial charge in [-0.05, 0) is 72.9 Å². The highest BCUT2D eigenvalue weighted by molar-refractivity contribution is 5.79. The molecule has 1 spiro atoms. The van der Waals surface area contributed by atoms with Gasteiger partial charge in [-0.1, -0.05) is 6.07 Å². The minimum absolute atomic E-state index is 0.0721. The average molecular weight is 503 g/mol. The number of H-pyrrole nitrogens is 2. The number of nitrogens with one attached hydrogen (secondary N) is 2. The number of carbonyl (C=O) groups is 1. The van der Waals surface area contributed by atoms with E-state index in [0.717, 1.165) is 61.4 Å². The number of aromatic nitrogens is 4. The van der Waals surface area contributed by atoms with Crippen molar-refractivity contribution < 1.29 is 13.9 Å². The van der Waals surface area contributed by atoms with Crippen LogP contribution in [0.1, 0.15) is 35.2 Å². The van der Waals surface area contributed by atoms with Crippen molar-refractivity contribution in [1.82, 2.24) is 19.9 Å². The first-order chi connectivity index (χ1) is 17.9. The van der Waals surface area contributed by atoms with E-state index in [9.17, 15) is 14.0 Å². The van der Waals surface area contributed by atoms with Gasteiger partial charge in [-0.15, -0.1) is 0 Å².